The van der Waals surface area contributed by atoms with Crippen molar-refractivity contribution in [2.24, 2.45) is 5.92 Å². The number of nitrogens with one attached hydrogen (secondary N) is 2. The first kappa shape index (κ1) is 17.1. The third-order valence-electron chi connectivity index (χ3n) is 4.57. The van der Waals surface area contributed by atoms with Gasteiger partial charge in [-0.05, 0) is 50.8 Å². The van der Waals surface area contributed by atoms with Gasteiger partial charge in [0.2, 0.25) is 10.0 Å². The Kier molecular flexibility index (Phi) is 4.75. The molecule has 3 rings (SSSR count). The molecule has 1 aliphatic heterocycles. The van der Waals surface area contributed by atoms with E-state index in [1.54, 1.807) is 0 Å². The number of ether oxygens (including phenoxy) is 1. The van der Waals surface area contributed by atoms with Gasteiger partial charge in [-0.3, -0.25) is 10.1 Å². The van der Waals surface area contributed by atoms with E-state index in [4.69, 9.17) is 4.74 Å². The first-order valence-corrected chi connectivity index (χ1v) is 9.49. The minimum Gasteiger partial charge on any atom is -0.378 e. The summed E-state index contributed by atoms with van der Waals surface area (Å²) in [6.07, 6.45) is 4.19. The topological polar surface area (TPSA) is 111 Å². The van der Waals surface area contributed by atoms with E-state index in [1.807, 2.05) is 0 Å². The maximum atomic E-state index is 11.8. The highest BCUT2D eigenvalue weighted by Crippen LogP contribution is 2.39. The van der Waals surface area contributed by atoms with Crippen molar-refractivity contribution >= 4 is 21.4 Å². The number of rotatable bonds is 6. The fourth-order valence-corrected chi connectivity index (χ4v) is 3.79. The van der Waals surface area contributed by atoms with Gasteiger partial charge < -0.3 is 10.1 Å². The Balaban J connectivity index is 1.80. The lowest BCUT2D eigenvalue weighted by atomic mass is 9.99. The van der Waals surface area contributed by atoms with Crippen LogP contribution in [0.2, 0.25) is 0 Å². The molecule has 0 spiro atoms. The van der Waals surface area contributed by atoms with Crippen molar-refractivity contribution in [2.75, 3.05) is 19.0 Å². The predicted molar refractivity (Wildman–Crippen MR) is 88.5 cm³/mol. The molecular formula is C15H21N3O5S. The molecule has 2 N–H and O–H groups in total. The zero-order valence-corrected chi connectivity index (χ0v) is 14.2. The Morgan fingerprint density at radius 3 is 2.67 bits per heavy atom. The molecule has 2 atom stereocenters. The van der Waals surface area contributed by atoms with E-state index >= 15 is 0 Å². The van der Waals surface area contributed by atoms with Gasteiger partial charge in [0.05, 0.1) is 15.9 Å². The van der Waals surface area contributed by atoms with Gasteiger partial charge in [-0.1, -0.05) is 0 Å². The van der Waals surface area contributed by atoms with Crippen molar-refractivity contribution in [1.29, 1.82) is 0 Å². The van der Waals surface area contributed by atoms with Crippen LogP contribution in [0.4, 0.5) is 11.4 Å². The smallest absolute Gasteiger partial charge is 0.293 e. The van der Waals surface area contributed by atoms with E-state index in [2.05, 4.69) is 10.0 Å². The highest BCUT2D eigenvalue weighted by Gasteiger charge is 2.36. The van der Waals surface area contributed by atoms with Gasteiger partial charge in [-0.25, -0.2) is 13.1 Å². The second kappa shape index (κ2) is 6.66. The molecule has 1 heterocycles. The second-order valence-electron chi connectivity index (χ2n) is 6.26. The third kappa shape index (κ3) is 3.68. The van der Waals surface area contributed by atoms with Crippen LogP contribution in [0.3, 0.4) is 0 Å². The summed E-state index contributed by atoms with van der Waals surface area (Å²) in [6, 6.07) is 4.02. The van der Waals surface area contributed by atoms with Gasteiger partial charge in [0.1, 0.15) is 5.69 Å². The summed E-state index contributed by atoms with van der Waals surface area (Å²) in [7, 11) is -2.45. The number of nitro groups is 1. The number of anilines is 1. The van der Waals surface area contributed by atoms with Crippen LogP contribution in [0.15, 0.2) is 23.1 Å². The molecule has 2 fully saturated rings. The molecule has 0 radical (unpaired) electrons. The molecule has 1 aliphatic carbocycles. The second-order valence-corrected chi connectivity index (χ2v) is 8.14. The number of hydrogen-bond acceptors (Lipinski definition) is 6. The van der Waals surface area contributed by atoms with Gasteiger partial charge in [0, 0.05) is 18.7 Å². The van der Waals surface area contributed by atoms with Crippen molar-refractivity contribution in [3.63, 3.8) is 0 Å². The molecule has 1 aromatic carbocycles. The van der Waals surface area contributed by atoms with E-state index in [-0.39, 0.29) is 22.7 Å². The zero-order valence-electron chi connectivity index (χ0n) is 13.4. The van der Waals surface area contributed by atoms with Crippen LogP contribution in [0.5, 0.6) is 0 Å². The molecular weight excluding hydrogens is 334 g/mol. The Bertz CT molecular complexity index is 733. The van der Waals surface area contributed by atoms with Crippen molar-refractivity contribution in [3.8, 4) is 0 Å². The molecule has 1 saturated carbocycles. The quantitative estimate of drug-likeness (QED) is 0.595. The predicted octanol–water partition coefficient (Wildman–Crippen LogP) is 1.87. The Labute approximate surface area is 140 Å². The first-order chi connectivity index (χ1) is 11.4. The number of nitrogens with zero attached hydrogens (tertiary/aromatic N) is 1. The lowest BCUT2D eigenvalue weighted by molar-refractivity contribution is -0.384. The summed E-state index contributed by atoms with van der Waals surface area (Å²) >= 11 is 0. The minimum absolute atomic E-state index is 0.0924. The van der Waals surface area contributed by atoms with Crippen LogP contribution in [0.1, 0.15) is 25.7 Å². The highest BCUT2D eigenvalue weighted by molar-refractivity contribution is 7.89. The van der Waals surface area contributed by atoms with Crippen LogP contribution >= 0.6 is 0 Å². The van der Waals surface area contributed by atoms with Gasteiger partial charge in [0.15, 0.2) is 0 Å². The summed E-state index contributed by atoms with van der Waals surface area (Å²) in [5.41, 5.74) is 0.109. The average molecular weight is 355 g/mol. The third-order valence-corrected chi connectivity index (χ3v) is 5.98. The standard InChI is InChI=1S/C15H21N3O5S/c1-16-24(21,22)12-4-5-13(14(9-12)18(19)20)17-11-6-7-23-15(8-11)10-2-3-10/h4-5,9-11,15-17H,2-3,6-8H2,1H3. The molecule has 0 aromatic heterocycles. The van der Waals surface area contributed by atoms with Crippen molar-refractivity contribution in [1.82, 2.24) is 4.72 Å². The fourth-order valence-electron chi connectivity index (χ4n) is 3.05. The van der Waals surface area contributed by atoms with E-state index in [9.17, 15) is 18.5 Å². The lowest BCUT2D eigenvalue weighted by Crippen LogP contribution is -2.35. The summed E-state index contributed by atoms with van der Waals surface area (Å²) in [4.78, 5) is 10.7. The van der Waals surface area contributed by atoms with Crippen LogP contribution in [-0.2, 0) is 14.8 Å². The molecule has 24 heavy (non-hydrogen) atoms. The largest absolute Gasteiger partial charge is 0.378 e. The Hall–Kier alpha value is -1.71. The van der Waals surface area contributed by atoms with Gasteiger partial charge in [-0.15, -0.1) is 0 Å². The molecule has 8 nitrogen and oxygen atoms in total. The van der Waals surface area contributed by atoms with Gasteiger partial charge in [-0.2, -0.15) is 0 Å². The molecule has 9 heteroatoms. The molecule has 2 aliphatic rings. The monoisotopic (exact) mass is 355 g/mol. The minimum atomic E-state index is -3.72. The van der Waals surface area contributed by atoms with E-state index in [0.29, 0.717) is 18.2 Å². The van der Waals surface area contributed by atoms with Crippen LogP contribution < -0.4 is 10.0 Å². The maximum absolute atomic E-state index is 11.8. The van der Waals surface area contributed by atoms with Crippen molar-refractivity contribution in [2.45, 2.75) is 42.7 Å². The normalized spacial score (nSPS) is 24.5. The SMILES string of the molecule is CNS(=O)(=O)c1ccc(NC2CCOC(C3CC3)C2)c([N+](=O)[O-])c1. The average Bonchev–Trinajstić information content (AvgIpc) is 3.40. The maximum Gasteiger partial charge on any atom is 0.293 e. The summed E-state index contributed by atoms with van der Waals surface area (Å²) < 4.78 is 31.6. The van der Waals surface area contributed by atoms with Crippen molar-refractivity contribution < 1.29 is 18.1 Å². The number of nitro benzene ring substituents is 1. The highest BCUT2D eigenvalue weighted by atomic mass is 32.2. The summed E-state index contributed by atoms with van der Waals surface area (Å²) in [6.45, 7) is 0.638. The van der Waals surface area contributed by atoms with Gasteiger partial charge >= 0.3 is 0 Å². The summed E-state index contributed by atoms with van der Waals surface area (Å²) in [5.74, 6) is 0.618. The van der Waals surface area contributed by atoms with Crippen LogP contribution in [0.25, 0.3) is 0 Å². The first-order valence-electron chi connectivity index (χ1n) is 8.01. The van der Waals surface area contributed by atoms with Crippen LogP contribution in [0, 0.1) is 16.0 Å². The fraction of sp³-hybridized carbons (Fsp3) is 0.600. The van der Waals surface area contributed by atoms with E-state index in [1.165, 1.54) is 32.0 Å². The van der Waals surface area contributed by atoms with E-state index in [0.717, 1.165) is 18.9 Å². The van der Waals surface area contributed by atoms with Crippen LogP contribution in [-0.4, -0.2) is 39.1 Å². The number of hydrogen-bond donors (Lipinski definition) is 2. The Morgan fingerprint density at radius 2 is 2.04 bits per heavy atom. The van der Waals surface area contributed by atoms with E-state index < -0.39 is 14.9 Å². The van der Waals surface area contributed by atoms with Crippen molar-refractivity contribution in [3.05, 3.63) is 28.3 Å². The van der Waals surface area contributed by atoms with Gasteiger partial charge in [0.25, 0.3) is 5.69 Å². The zero-order chi connectivity index (χ0) is 17.3. The molecule has 0 amide bonds. The number of benzene rings is 1. The molecule has 1 saturated heterocycles. The molecule has 2 unspecified atom stereocenters. The Morgan fingerprint density at radius 1 is 1.29 bits per heavy atom. The molecule has 0 bridgehead atoms. The number of sulfonamides is 1. The molecule has 132 valence electrons. The lowest BCUT2D eigenvalue weighted by Gasteiger charge is -2.30. The summed E-state index contributed by atoms with van der Waals surface area (Å²) in [5, 5.41) is 14.5. The molecule has 1 aromatic rings.